The molecule has 23 heavy (non-hydrogen) atoms. The fourth-order valence-corrected chi connectivity index (χ4v) is 2.14. The number of ether oxygens (including phenoxy) is 2. The van der Waals surface area contributed by atoms with E-state index < -0.39 is 30.8 Å². The average molecular weight is 357 g/mol. The SMILES string of the molecule is O=C(COc1ccc(Cl)cc1Cl)OCC(=O)c1ccccc1F. The lowest BCUT2D eigenvalue weighted by molar-refractivity contribution is -0.144. The minimum absolute atomic E-state index is 0.137. The quantitative estimate of drug-likeness (QED) is 0.581. The molecule has 0 saturated carbocycles. The minimum Gasteiger partial charge on any atom is -0.480 e. The fraction of sp³-hybridized carbons (Fsp3) is 0.125. The molecule has 0 aromatic heterocycles. The highest BCUT2D eigenvalue weighted by Crippen LogP contribution is 2.27. The van der Waals surface area contributed by atoms with Gasteiger partial charge < -0.3 is 9.47 Å². The van der Waals surface area contributed by atoms with E-state index in [1.165, 1.54) is 30.3 Å². The molecule has 0 unspecified atom stereocenters. The van der Waals surface area contributed by atoms with E-state index in [9.17, 15) is 14.0 Å². The smallest absolute Gasteiger partial charge is 0.344 e. The second kappa shape index (κ2) is 7.94. The number of carbonyl (C=O) groups is 2. The fourth-order valence-electron chi connectivity index (χ4n) is 1.68. The van der Waals surface area contributed by atoms with Crippen LogP contribution in [0.2, 0.25) is 10.0 Å². The van der Waals surface area contributed by atoms with Gasteiger partial charge in [-0.05, 0) is 30.3 Å². The number of esters is 1. The monoisotopic (exact) mass is 356 g/mol. The molecule has 0 spiro atoms. The molecule has 0 saturated heterocycles. The summed E-state index contributed by atoms with van der Waals surface area (Å²) in [6, 6.07) is 9.96. The summed E-state index contributed by atoms with van der Waals surface area (Å²) in [4.78, 5) is 23.3. The second-order valence-corrected chi connectivity index (χ2v) is 5.27. The van der Waals surface area contributed by atoms with Crippen LogP contribution in [-0.2, 0) is 9.53 Å². The molecule has 7 heteroatoms. The molecular formula is C16H11Cl2FO4. The van der Waals surface area contributed by atoms with Crippen LogP contribution in [0.1, 0.15) is 10.4 Å². The Labute approximate surface area is 141 Å². The van der Waals surface area contributed by atoms with Gasteiger partial charge >= 0.3 is 5.97 Å². The molecule has 0 aliphatic rings. The lowest BCUT2D eigenvalue weighted by Gasteiger charge is -2.08. The predicted octanol–water partition coefficient (Wildman–Crippen LogP) is 3.94. The number of hydrogen-bond acceptors (Lipinski definition) is 4. The van der Waals surface area contributed by atoms with E-state index in [2.05, 4.69) is 0 Å². The average Bonchev–Trinajstić information content (AvgIpc) is 2.52. The first-order chi connectivity index (χ1) is 11.0. The normalized spacial score (nSPS) is 10.2. The number of carbonyl (C=O) groups excluding carboxylic acids is 2. The van der Waals surface area contributed by atoms with E-state index in [0.29, 0.717) is 5.02 Å². The molecule has 2 aromatic carbocycles. The van der Waals surface area contributed by atoms with Crippen LogP contribution in [-0.4, -0.2) is 25.0 Å². The third kappa shape index (κ3) is 4.94. The van der Waals surface area contributed by atoms with Crippen molar-refractivity contribution in [2.45, 2.75) is 0 Å². The largest absolute Gasteiger partial charge is 0.480 e. The number of halogens is 3. The van der Waals surface area contributed by atoms with Crippen LogP contribution in [0.25, 0.3) is 0 Å². The Hall–Kier alpha value is -2.11. The van der Waals surface area contributed by atoms with Gasteiger partial charge in [0.05, 0.1) is 10.6 Å². The first-order valence-corrected chi connectivity index (χ1v) is 7.24. The maximum Gasteiger partial charge on any atom is 0.344 e. The van der Waals surface area contributed by atoms with E-state index in [0.717, 1.165) is 6.07 Å². The first kappa shape index (κ1) is 17.2. The van der Waals surface area contributed by atoms with Gasteiger partial charge in [-0.2, -0.15) is 0 Å². The Bertz CT molecular complexity index is 734. The molecule has 0 amide bonds. The number of rotatable bonds is 6. The number of ketones is 1. The Kier molecular flexibility index (Phi) is 5.96. The maximum absolute atomic E-state index is 13.4. The van der Waals surface area contributed by atoms with Crippen LogP contribution in [0.5, 0.6) is 5.75 Å². The topological polar surface area (TPSA) is 52.6 Å². The van der Waals surface area contributed by atoms with Gasteiger partial charge in [0.15, 0.2) is 13.2 Å². The van der Waals surface area contributed by atoms with Gasteiger partial charge in [-0.15, -0.1) is 0 Å². The molecule has 0 aliphatic carbocycles. The molecule has 2 aromatic rings. The molecule has 120 valence electrons. The van der Waals surface area contributed by atoms with Gasteiger partial charge in [0, 0.05) is 5.02 Å². The van der Waals surface area contributed by atoms with Crippen molar-refractivity contribution in [3.63, 3.8) is 0 Å². The third-order valence-corrected chi connectivity index (χ3v) is 3.31. The number of benzene rings is 2. The predicted molar refractivity (Wildman–Crippen MR) is 83.6 cm³/mol. The Morgan fingerprint density at radius 1 is 1.04 bits per heavy atom. The minimum atomic E-state index is -0.777. The summed E-state index contributed by atoms with van der Waals surface area (Å²) in [5.74, 6) is -1.83. The summed E-state index contributed by atoms with van der Waals surface area (Å²) >= 11 is 11.6. The lowest BCUT2D eigenvalue weighted by Crippen LogP contribution is -2.20. The Morgan fingerprint density at radius 2 is 1.78 bits per heavy atom. The van der Waals surface area contributed by atoms with Crippen molar-refractivity contribution in [2.24, 2.45) is 0 Å². The standard InChI is InChI=1S/C16H11Cl2FO4/c17-10-5-6-15(12(18)7-10)22-9-16(21)23-8-14(20)11-3-1-2-4-13(11)19/h1-7H,8-9H2. The van der Waals surface area contributed by atoms with Gasteiger partial charge in [-0.3, -0.25) is 4.79 Å². The van der Waals surface area contributed by atoms with E-state index >= 15 is 0 Å². The van der Waals surface area contributed by atoms with Gasteiger partial charge in [0.25, 0.3) is 0 Å². The van der Waals surface area contributed by atoms with Crippen LogP contribution >= 0.6 is 23.2 Å². The van der Waals surface area contributed by atoms with E-state index in [-0.39, 0.29) is 16.3 Å². The van der Waals surface area contributed by atoms with Gasteiger partial charge in [-0.1, -0.05) is 35.3 Å². The zero-order valence-electron chi connectivity index (χ0n) is 11.7. The Morgan fingerprint density at radius 3 is 2.48 bits per heavy atom. The summed E-state index contributed by atoms with van der Waals surface area (Å²) in [5, 5.41) is 0.674. The molecule has 0 bridgehead atoms. The summed E-state index contributed by atoms with van der Waals surface area (Å²) in [6.07, 6.45) is 0. The van der Waals surface area contributed by atoms with Crippen molar-refractivity contribution in [3.8, 4) is 5.75 Å². The second-order valence-electron chi connectivity index (χ2n) is 4.43. The first-order valence-electron chi connectivity index (χ1n) is 6.48. The van der Waals surface area contributed by atoms with Crippen molar-refractivity contribution in [3.05, 3.63) is 63.9 Å². The van der Waals surface area contributed by atoms with Crippen LogP contribution in [0.3, 0.4) is 0 Å². The van der Waals surface area contributed by atoms with E-state index in [1.807, 2.05) is 0 Å². The molecule has 0 atom stereocenters. The van der Waals surface area contributed by atoms with E-state index in [1.54, 1.807) is 6.07 Å². The van der Waals surface area contributed by atoms with Crippen molar-refractivity contribution in [1.82, 2.24) is 0 Å². The van der Waals surface area contributed by atoms with Crippen molar-refractivity contribution in [2.75, 3.05) is 13.2 Å². The molecule has 0 heterocycles. The highest BCUT2D eigenvalue weighted by molar-refractivity contribution is 6.35. The summed E-state index contributed by atoms with van der Waals surface area (Å²) in [6.45, 7) is -1.01. The van der Waals surface area contributed by atoms with Crippen LogP contribution in [0.4, 0.5) is 4.39 Å². The zero-order valence-corrected chi connectivity index (χ0v) is 13.2. The number of Topliss-reactive ketones (excluding diaryl/α,β-unsaturated/α-hetero) is 1. The molecule has 0 aliphatic heterocycles. The van der Waals surface area contributed by atoms with Crippen LogP contribution in [0.15, 0.2) is 42.5 Å². The van der Waals surface area contributed by atoms with Crippen molar-refractivity contribution >= 4 is 35.0 Å². The molecule has 4 nitrogen and oxygen atoms in total. The van der Waals surface area contributed by atoms with Gasteiger partial charge in [0.2, 0.25) is 5.78 Å². The van der Waals surface area contributed by atoms with Crippen molar-refractivity contribution in [1.29, 1.82) is 0 Å². The van der Waals surface area contributed by atoms with Crippen molar-refractivity contribution < 1.29 is 23.5 Å². The number of hydrogen-bond donors (Lipinski definition) is 0. The molecule has 0 N–H and O–H groups in total. The Balaban J connectivity index is 1.83. The maximum atomic E-state index is 13.4. The van der Waals surface area contributed by atoms with Gasteiger partial charge in [0.1, 0.15) is 11.6 Å². The van der Waals surface area contributed by atoms with Gasteiger partial charge in [-0.25, -0.2) is 9.18 Å². The zero-order chi connectivity index (χ0) is 16.8. The summed E-state index contributed by atoms with van der Waals surface area (Å²) in [7, 11) is 0. The highest BCUT2D eigenvalue weighted by atomic mass is 35.5. The van der Waals surface area contributed by atoms with Crippen LogP contribution in [0, 0.1) is 5.82 Å². The lowest BCUT2D eigenvalue weighted by atomic mass is 10.1. The summed E-state index contributed by atoms with van der Waals surface area (Å²) < 4.78 is 23.3. The molecule has 0 radical (unpaired) electrons. The van der Waals surface area contributed by atoms with E-state index in [4.69, 9.17) is 32.7 Å². The van der Waals surface area contributed by atoms with Crippen LogP contribution < -0.4 is 4.74 Å². The highest BCUT2D eigenvalue weighted by Gasteiger charge is 2.14. The molecular weight excluding hydrogens is 346 g/mol. The third-order valence-electron chi connectivity index (χ3n) is 2.78. The molecule has 0 fully saturated rings. The molecule has 2 rings (SSSR count). The summed E-state index contributed by atoms with van der Waals surface area (Å²) in [5.41, 5.74) is -0.137.